The molecule has 0 radical (unpaired) electrons. The van der Waals surface area contributed by atoms with Gasteiger partial charge in [-0.05, 0) is 50.3 Å². The molecule has 0 aliphatic carbocycles. The van der Waals surface area contributed by atoms with Crippen LogP contribution in [-0.2, 0) is 11.2 Å². The maximum atomic E-state index is 13.3. The van der Waals surface area contributed by atoms with Crippen LogP contribution in [-0.4, -0.2) is 5.97 Å². The SMILES string of the molecule is CCCCCCCCCCC(C)(CCCCCCCC)C(=O)Oc1ccc(CCCCC)cc1. The molecule has 0 bridgehead atoms. The predicted molar refractivity (Wildman–Crippen MR) is 149 cm³/mol. The van der Waals surface area contributed by atoms with Gasteiger partial charge in [0.05, 0.1) is 5.41 Å². The fraction of sp³-hybridized carbons (Fsp3) is 0.781. The minimum Gasteiger partial charge on any atom is -0.426 e. The molecule has 1 aromatic carbocycles. The van der Waals surface area contributed by atoms with Crippen molar-refractivity contribution in [3.05, 3.63) is 29.8 Å². The van der Waals surface area contributed by atoms with Gasteiger partial charge in [0.15, 0.2) is 0 Å². The lowest BCUT2D eigenvalue weighted by Gasteiger charge is -2.27. The molecule has 0 heterocycles. The van der Waals surface area contributed by atoms with Crippen LogP contribution in [0.15, 0.2) is 24.3 Å². The van der Waals surface area contributed by atoms with E-state index in [1.54, 1.807) is 0 Å². The molecule has 0 saturated carbocycles. The van der Waals surface area contributed by atoms with Crippen LogP contribution in [0, 0.1) is 5.41 Å². The van der Waals surface area contributed by atoms with Crippen molar-refractivity contribution in [2.24, 2.45) is 5.41 Å². The number of aryl methyl sites for hydroxylation is 1. The largest absolute Gasteiger partial charge is 0.426 e. The minimum atomic E-state index is -0.368. The topological polar surface area (TPSA) is 26.3 Å². The second kappa shape index (κ2) is 19.9. The Morgan fingerprint density at radius 3 is 1.50 bits per heavy atom. The Morgan fingerprint density at radius 2 is 1.03 bits per heavy atom. The first-order valence-electron chi connectivity index (χ1n) is 14.9. The first-order valence-corrected chi connectivity index (χ1v) is 14.9. The molecule has 0 N–H and O–H groups in total. The fourth-order valence-corrected chi connectivity index (χ4v) is 4.81. The Labute approximate surface area is 212 Å². The molecule has 1 unspecified atom stereocenters. The monoisotopic (exact) mass is 472 g/mol. The van der Waals surface area contributed by atoms with Gasteiger partial charge in [-0.3, -0.25) is 4.79 Å². The number of ether oxygens (including phenoxy) is 1. The summed E-state index contributed by atoms with van der Waals surface area (Å²) in [5, 5.41) is 0. The van der Waals surface area contributed by atoms with E-state index in [9.17, 15) is 4.79 Å². The average molecular weight is 473 g/mol. The third kappa shape index (κ3) is 14.2. The van der Waals surface area contributed by atoms with Gasteiger partial charge in [-0.2, -0.15) is 0 Å². The zero-order chi connectivity index (χ0) is 24.9. The third-order valence-electron chi connectivity index (χ3n) is 7.36. The number of esters is 1. The fourth-order valence-electron chi connectivity index (χ4n) is 4.81. The second-order valence-electron chi connectivity index (χ2n) is 10.8. The summed E-state index contributed by atoms with van der Waals surface area (Å²) in [4.78, 5) is 13.3. The number of unbranched alkanes of at least 4 members (excludes halogenated alkanes) is 14. The quantitative estimate of drug-likeness (QED) is 0.0952. The summed E-state index contributed by atoms with van der Waals surface area (Å²) in [7, 11) is 0. The van der Waals surface area contributed by atoms with Crippen LogP contribution in [0.1, 0.15) is 155 Å². The highest BCUT2D eigenvalue weighted by molar-refractivity contribution is 5.78. The lowest BCUT2D eigenvalue weighted by Crippen LogP contribution is -2.32. The summed E-state index contributed by atoms with van der Waals surface area (Å²) in [5.41, 5.74) is 0.967. The van der Waals surface area contributed by atoms with Crippen LogP contribution in [0.4, 0.5) is 0 Å². The highest BCUT2D eigenvalue weighted by atomic mass is 16.5. The number of carbonyl (C=O) groups excluding carboxylic acids is 1. The molecule has 1 atom stereocenters. The Bertz CT molecular complexity index is 606. The molecular formula is C32H56O2. The Kier molecular flexibility index (Phi) is 18.0. The molecule has 34 heavy (non-hydrogen) atoms. The first-order chi connectivity index (χ1) is 16.6. The Morgan fingerprint density at radius 1 is 0.618 bits per heavy atom. The van der Waals surface area contributed by atoms with E-state index in [1.165, 1.54) is 102 Å². The van der Waals surface area contributed by atoms with Crippen LogP contribution in [0.2, 0.25) is 0 Å². The maximum Gasteiger partial charge on any atom is 0.317 e. The summed E-state index contributed by atoms with van der Waals surface area (Å²) >= 11 is 0. The molecule has 0 aliphatic heterocycles. The van der Waals surface area contributed by atoms with Crippen LogP contribution < -0.4 is 4.74 Å². The van der Waals surface area contributed by atoms with Crippen LogP contribution in [0.3, 0.4) is 0 Å². The maximum absolute atomic E-state index is 13.3. The van der Waals surface area contributed by atoms with Gasteiger partial charge < -0.3 is 4.74 Å². The zero-order valence-electron chi connectivity index (χ0n) is 23.3. The number of carbonyl (C=O) groups is 1. The first kappa shape index (κ1) is 30.7. The van der Waals surface area contributed by atoms with E-state index in [1.807, 2.05) is 12.1 Å². The predicted octanol–water partition coefficient (Wildman–Crippen LogP) is 10.6. The van der Waals surface area contributed by atoms with Crippen molar-refractivity contribution in [2.75, 3.05) is 0 Å². The highest BCUT2D eigenvalue weighted by Gasteiger charge is 2.34. The summed E-state index contributed by atoms with van der Waals surface area (Å²) < 4.78 is 5.94. The summed E-state index contributed by atoms with van der Waals surface area (Å²) in [6, 6.07) is 8.23. The minimum absolute atomic E-state index is 0.0252. The van der Waals surface area contributed by atoms with Gasteiger partial charge in [0.1, 0.15) is 5.75 Å². The molecule has 0 aromatic heterocycles. The second-order valence-corrected chi connectivity index (χ2v) is 10.8. The molecule has 196 valence electrons. The number of hydrogen-bond acceptors (Lipinski definition) is 2. The Balaban J connectivity index is 2.56. The number of rotatable bonds is 22. The molecular weight excluding hydrogens is 416 g/mol. The normalized spacial score (nSPS) is 13.1. The van der Waals surface area contributed by atoms with Crippen molar-refractivity contribution in [3.63, 3.8) is 0 Å². The van der Waals surface area contributed by atoms with Crippen molar-refractivity contribution in [1.29, 1.82) is 0 Å². The number of benzene rings is 1. The van der Waals surface area contributed by atoms with Crippen molar-refractivity contribution < 1.29 is 9.53 Å². The average Bonchev–Trinajstić information content (AvgIpc) is 2.84. The van der Waals surface area contributed by atoms with Gasteiger partial charge >= 0.3 is 5.97 Å². The van der Waals surface area contributed by atoms with Gasteiger partial charge in [-0.15, -0.1) is 0 Å². The van der Waals surface area contributed by atoms with E-state index >= 15 is 0 Å². The van der Waals surface area contributed by atoms with Crippen molar-refractivity contribution in [2.45, 2.75) is 156 Å². The van der Waals surface area contributed by atoms with Gasteiger partial charge in [0, 0.05) is 0 Å². The molecule has 0 spiro atoms. The number of hydrogen-bond donors (Lipinski definition) is 0. The van der Waals surface area contributed by atoms with Crippen LogP contribution in [0.5, 0.6) is 5.75 Å². The van der Waals surface area contributed by atoms with Crippen LogP contribution >= 0.6 is 0 Å². The third-order valence-corrected chi connectivity index (χ3v) is 7.36. The Hall–Kier alpha value is -1.31. The van der Waals surface area contributed by atoms with Gasteiger partial charge in [-0.25, -0.2) is 0 Å². The summed E-state index contributed by atoms with van der Waals surface area (Å²) in [6.07, 6.45) is 24.7. The standard InChI is InChI=1S/C32H56O2/c1-5-8-11-13-15-16-18-21-28-32(4,27-20-17-14-12-9-6-2)31(33)34-30-25-23-29(24-26-30)22-19-10-7-3/h23-26H,5-22,27-28H2,1-4H3. The van der Waals surface area contributed by atoms with E-state index in [-0.39, 0.29) is 11.4 Å². The summed E-state index contributed by atoms with van der Waals surface area (Å²) in [6.45, 7) is 8.92. The van der Waals surface area contributed by atoms with E-state index in [4.69, 9.17) is 4.74 Å². The highest BCUT2D eigenvalue weighted by Crippen LogP contribution is 2.34. The van der Waals surface area contributed by atoms with Gasteiger partial charge in [-0.1, -0.05) is 136 Å². The van der Waals surface area contributed by atoms with E-state index in [0.29, 0.717) is 5.75 Å². The molecule has 1 rings (SSSR count). The van der Waals surface area contributed by atoms with Gasteiger partial charge in [0.2, 0.25) is 0 Å². The van der Waals surface area contributed by atoms with E-state index in [2.05, 4.69) is 39.8 Å². The molecule has 0 aliphatic rings. The van der Waals surface area contributed by atoms with Crippen molar-refractivity contribution in [1.82, 2.24) is 0 Å². The lowest BCUT2D eigenvalue weighted by molar-refractivity contribution is -0.146. The molecule has 1 aromatic rings. The van der Waals surface area contributed by atoms with Crippen molar-refractivity contribution >= 4 is 5.97 Å². The molecule has 2 nitrogen and oxygen atoms in total. The van der Waals surface area contributed by atoms with Gasteiger partial charge in [0.25, 0.3) is 0 Å². The molecule has 0 amide bonds. The molecule has 2 heteroatoms. The smallest absolute Gasteiger partial charge is 0.317 e. The van der Waals surface area contributed by atoms with Crippen LogP contribution in [0.25, 0.3) is 0 Å². The molecule has 0 fully saturated rings. The zero-order valence-corrected chi connectivity index (χ0v) is 23.3. The van der Waals surface area contributed by atoms with E-state index in [0.717, 1.165) is 32.1 Å². The summed E-state index contributed by atoms with van der Waals surface area (Å²) in [5.74, 6) is 0.678. The van der Waals surface area contributed by atoms with Crippen molar-refractivity contribution in [3.8, 4) is 5.75 Å². The van der Waals surface area contributed by atoms with E-state index < -0.39 is 0 Å². The lowest BCUT2D eigenvalue weighted by atomic mass is 9.79. The molecule has 0 saturated heterocycles.